The molecule has 0 aliphatic carbocycles. The Hall–Kier alpha value is -0.280. The van der Waals surface area contributed by atoms with Crippen molar-refractivity contribution in [1.82, 2.24) is 10.6 Å². The average molecular weight is 287 g/mol. The van der Waals surface area contributed by atoms with Crippen LogP contribution in [0.3, 0.4) is 0 Å². The van der Waals surface area contributed by atoms with Crippen LogP contribution in [0.15, 0.2) is 18.2 Å². The van der Waals surface area contributed by atoms with E-state index in [-0.39, 0.29) is 0 Å². The molecule has 2 atom stereocenters. The fourth-order valence-electron chi connectivity index (χ4n) is 2.42. The van der Waals surface area contributed by atoms with E-state index in [1.807, 2.05) is 18.2 Å². The quantitative estimate of drug-likeness (QED) is 0.884. The van der Waals surface area contributed by atoms with Gasteiger partial charge in [-0.1, -0.05) is 29.3 Å². The van der Waals surface area contributed by atoms with Gasteiger partial charge in [0.2, 0.25) is 0 Å². The maximum atomic E-state index is 6.06. The van der Waals surface area contributed by atoms with Crippen LogP contribution in [0.2, 0.25) is 10.0 Å². The highest BCUT2D eigenvalue weighted by atomic mass is 35.5. The molecule has 0 saturated carbocycles. The van der Waals surface area contributed by atoms with E-state index < -0.39 is 0 Å². The summed E-state index contributed by atoms with van der Waals surface area (Å²) in [5.41, 5.74) is 1.20. The lowest BCUT2D eigenvalue weighted by atomic mass is 10.0. The molecule has 0 bridgehead atoms. The van der Waals surface area contributed by atoms with Crippen molar-refractivity contribution in [2.75, 3.05) is 13.1 Å². The third kappa shape index (κ3) is 3.86. The minimum absolute atomic E-state index is 0.308. The Labute approximate surface area is 119 Å². The Morgan fingerprint density at radius 1 is 1.22 bits per heavy atom. The Balaban J connectivity index is 1.97. The molecular formula is C14H20Cl2N2. The van der Waals surface area contributed by atoms with Gasteiger partial charge in [0.1, 0.15) is 0 Å². The monoisotopic (exact) mass is 286 g/mol. The van der Waals surface area contributed by atoms with Gasteiger partial charge in [-0.25, -0.2) is 0 Å². The SMILES string of the molecule is CC(NC1CCCNCC1)c1ccc(Cl)c(Cl)c1. The molecule has 1 heterocycles. The largest absolute Gasteiger partial charge is 0.317 e. The molecule has 2 unspecified atom stereocenters. The van der Waals surface area contributed by atoms with Gasteiger partial charge in [0.25, 0.3) is 0 Å². The Morgan fingerprint density at radius 3 is 2.83 bits per heavy atom. The van der Waals surface area contributed by atoms with E-state index in [1.165, 1.54) is 24.8 Å². The van der Waals surface area contributed by atoms with E-state index in [0.29, 0.717) is 22.1 Å². The summed E-state index contributed by atoms with van der Waals surface area (Å²) in [7, 11) is 0. The smallest absolute Gasteiger partial charge is 0.0595 e. The van der Waals surface area contributed by atoms with Crippen molar-refractivity contribution in [3.63, 3.8) is 0 Å². The molecule has 0 amide bonds. The highest BCUT2D eigenvalue weighted by Crippen LogP contribution is 2.26. The summed E-state index contributed by atoms with van der Waals surface area (Å²) in [5, 5.41) is 8.36. The third-order valence-corrected chi connectivity index (χ3v) is 4.24. The Kier molecular flexibility index (Phi) is 5.31. The molecule has 1 fully saturated rings. The molecule has 0 aromatic heterocycles. The molecular weight excluding hydrogens is 267 g/mol. The minimum atomic E-state index is 0.308. The summed E-state index contributed by atoms with van der Waals surface area (Å²) >= 11 is 12.0. The van der Waals surface area contributed by atoms with Gasteiger partial charge in [0.15, 0.2) is 0 Å². The van der Waals surface area contributed by atoms with E-state index in [2.05, 4.69) is 17.6 Å². The predicted molar refractivity (Wildman–Crippen MR) is 78.5 cm³/mol. The van der Waals surface area contributed by atoms with Gasteiger partial charge in [0.05, 0.1) is 10.0 Å². The molecule has 18 heavy (non-hydrogen) atoms. The van der Waals surface area contributed by atoms with Gasteiger partial charge in [-0.15, -0.1) is 0 Å². The van der Waals surface area contributed by atoms with E-state index in [4.69, 9.17) is 23.2 Å². The third-order valence-electron chi connectivity index (χ3n) is 3.51. The maximum absolute atomic E-state index is 6.06. The van der Waals surface area contributed by atoms with Gasteiger partial charge in [0, 0.05) is 12.1 Å². The first-order valence-corrected chi connectivity index (χ1v) is 7.34. The Morgan fingerprint density at radius 2 is 2.06 bits per heavy atom. The summed E-state index contributed by atoms with van der Waals surface area (Å²) in [4.78, 5) is 0. The van der Waals surface area contributed by atoms with Crippen LogP contribution in [0, 0.1) is 0 Å². The molecule has 1 aliphatic rings. The topological polar surface area (TPSA) is 24.1 Å². The number of halogens is 2. The van der Waals surface area contributed by atoms with E-state index >= 15 is 0 Å². The fraction of sp³-hybridized carbons (Fsp3) is 0.571. The van der Waals surface area contributed by atoms with Crippen LogP contribution in [0.1, 0.15) is 37.8 Å². The van der Waals surface area contributed by atoms with Crippen LogP contribution >= 0.6 is 23.2 Å². The van der Waals surface area contributed by atoms with Gasteiger partial charge < -0.3 is 10.6 Å². The van der Waals surface area contributed by atoms with E-state index in [0.717, 1.165) is 13.1 Å². The van der Waals surface area contributed by atoms with Crippen molar-refractivity contribution in [2.45, 2.75) is 38.3 Å². The average Bonchev–Trinajstić information content (AvgIpc) is 2.61. The number of benzene rings is 1. The van der Waals surface area contributed by atoms with Gasteiger partial charge in [-0.3, -0.25) is 0 Å². The predicted octanol–water partition coefficient (Wildman–Crippen LogP) is 3.79. The van der Waals surface area contributed by atoms with Crippen molar-refractivity contribution >= 4 is 23.2 Å². The second-order valence-electron chi connectivity index (χ2n) is 4.94. The molecule has 1 aliphatic heterocycles. The second-order valence-corrected chi connectivity index (χ2v) is 5.75. The van der Waals surface area contributed by atoms with Crippen LogP contribution in [0.25, 0.3) is 0 Å². The summed E-state index contributed by atoms with van der Waals surface area (Å²) < 4.78 is 0. The maximum Gasteiger partial charge on any atom is 0.0595 e. The standard InChI is InChI=1S/C14H20Cl2N2/c1-10(11-4-5-13(15)14(16)9-11)18-12-3-2-7-17-8-6-12/h4-5,9-10,12,17-18H,2-3,6-8H2,1H3. The van der Waals surface area contributed by atoms with E-state index in [1.54, 1.807) is 0 Å². The summed E-state index contributed by atoms with van der Waals surface area (Å²) in [5.74, 6) is 0. The summed E-state index contributed by atoms with van der Waals surface area (Å²) in [6, 6.07) is 6.76. The number of nitrogens with one attached hydrogen (secondary N) is 2. The first-order chi connectivity index (χ1) is 8.66. The van der Waals surface area contributed by atoms with Gasteiger partial charge in [-0.05, 0) is 57.0 Å². The van der Waals surface area contributed by atoms with Crippen LogP contribution < -0.4 is 10.6 Å². The van der Waals surface area contributed by atoms with E-state index in [9.17, 15) is 0 Å². The van der Waals surface area contributed by atoms with Crippen LogP contribution in [-0.4, -0.2) is 19.1 Å². The van der Waals surface area contributed by atoms with Crippen molar-refractivity contribution in [3.8, 4) is 0 Å². The molecule has 2 N–H and O–H groups in total. The minimum Gasteiger partial charge on any atom is -0.317 e. The molecule has 2 nitrogen and oxygen atoms in total. The first-order valence-electron chi connectivity index (χ1n) is 6.58. The molecule has 4 heteroatoms. The zero-order valence-corrected chi connectivity index (χ0v) is 12.2. The van der Waals surface area contributed by atoms with Crippen molar-refractivity contribution < 1.29 is 0 Å². The number of hydrogen-bond acceptors (Lipinski definition) is 2. The normalized spacial score (nSPS) is 22.5. The highest BCUT2D eigenvalue weighted by molar-refractivity contribution is 6.42. The van der Waals surface area contributed by atoms with Gasteiger partial charge in [-0.2, -0.15) is 0 Å². The number of rotatable bonds is 3. The molecule has 0 radical (unpaired) electrons. The lowest BCUT2D eigenvalue weighted by Gasteiger charge is -2.22. The van der Waals surface area contributed by atoms with Gasteiger partial charge >= 0.3 is 0 Å². The summed E-state index contributed by atoms with van der Waals surface area (Å²) in [6.45, 7) is 4.42. The molecule has 0 spiro atoms. The lowest BCUT2D eigenvalue weighted by molar-refractivity contribution is 0.421. The Bertz CT molecular complexity index is 387. The zero-order chi connectivity index (χ0) is 13.0. The van der Waals surface area contributed by atoms with Crippen molar-refractivity contribution in [2.24, 2.45) is 0 Å². The second kappa shape index (κ2) is 6.76. The lowest BCUT2D eigenvalue weighted by Crippen LogP contribution is -2.32. The summed E-state index contributed by atoms with van der Waals surface area (Å²) in [6.07, 6.45) is 3.66. The molecule has 1 aromatic carbocycles. The van der Waals surface area contributed by atoms with Crippen LogP contribution in [0.4, 0.5) is 0 Å². The molecule has 1 saturated heterocycles. The van der Waals surface area contributed by atoms with Crippen LogP contribution in [0.5, 0.6) is 0 Å². The first kappa shape index (κ1) is 14.1. The highest BCUT2D eigenvalue weighted by Gasteiger charge is 2.15. The number of hydrogen-bond donors (Lipinski definition) is 2. The fourth-order valence-corrected chi connectivity index (χ4v) is 2.72. The molecule has 1 aromatic rings. The van der Waals surface area contributed by atoms with Crippen LogP contribution in [-0.2, 0) is 0 Å². The zero-order valence-electron chi connectivity index (χ0n) is 10.7. The van der Waals surface area contributed by atoms with Crippen molar-refractivity contribution in [3.05, 3.63) is 33.8 Å². The molecule has 100 valence electrons. The van der Waals surface area contributed by atoms with Crippen molar-refractivity contribution in [1.29, 1.82) is 0 Å². The molecule has 2 rings (SSSR count).